The van der Waals surface area contributed by atoms with E-state index in [1.165, 1.54) is 12.8 Å². The van der Waals surface area contributed by atoms with Crippen LogP contribution >= 0.6 is 24.0 Å². The van der Waals surface area contributed by atoms with Crippen LogP contribution in [0.3, 0.4) is 0 Å². The quantitative estimate of drug-likeness (QED) is 0.416. The van der Waals surface area contributed by atoms with E-state index in [1.807, 2.05) is 12.1 Å². The van der Waals surface area contributed by atoms with E-state index in [1.54, 1.807) is 6.26 Å². The van der Waals surface area contributed by atoms with Gasteiger partial charge in [-0.3, -0.25) is 4.99 Å². The summed E-state index contributed by atoms with van der Waals surface area (Å²) in [5, 5.41) is 7.25. The molecule has 6 heteroatoms. The summed E-state index contributed by atoms with van der Waals surface area (Å²) in [5.41, 5.74) is 0.175. The summed E-state index contributed by atoms with van der Waals surface area (Å²) in [6.07, 6.45) is 6.63. The first kappa shape index (κ1) is 18.0. The van der Waals surface area contributed by atoms with Gasteiger partial charge in [0.05, 0.1) is 12.4 Å². The fourth-order valence-electron chi connectivity index (χ4n) is 4.05. The molecule has 0 bridgehead atoms. The van der Waals surface area contributed by atoms with Gasteiger partial charge < -0.3 is 19.8 Å². The summed E-state index contributed by atoms with van der Waals surface area (Å²) >= 11 is 0. The molecule has 3 aliphatic rings. The monoisotopic (exact) mass is 445 g/mol. The normalized spacial score (nSPS) is 30.9. The Kier molecular flexibility index (Phi) is 5.44. The summed E-state index contributed by atoms with van der Waals surface area (Å²) in [7, 11) is 0. The van der Waals surface area contributed by atoms with Crippen LogP contribution in [0.4, 0.5) is 0 Å². The fraction of sp³-hybridized carbons (Fsp3) is 0.722. The Morgan fingerprint density at radius 3 is 2.83 bits per heavy atom. The van der Waals surface area contributed by atoms with Crippen LogP contribution < -0.4 is 10.6 Å². The van der Waals surface area contributed by atoms with E-state index >= 15 is 0 Å². The number of halogens is 1. The standard InChI is InChI=1S/C18H27N3O2.HI/c1-18(2)15(14-8-11-23-16(14)18)21-17(20-12-5-6-12)19-9-7-13-4-3-10-22-13;/h3-4,10,12,14-16H,5-9,11H2,1-2H3,(H2,19,20,21);1H. The van der Waals surface area contributed by atoms with E-state index in [9.17, 15) is 0 Å². The highest BCUT2D eigenvalue weighted by molar-refractivity contribution is 14.0. The van der Waals surface area contributed by atoms with Gasteiger partial charge in [0.1, 0.15) is 5.76 Å². The first-order chi connectivity index (χ1) is 11.1. The van der Waals surface area contributed by atoms with Gasteiger partial charge in [0.15, 0.2) is 5.96 Å². The van der Waals surface area contributed by atoms with Gasteiger partial charge >= 0.3 is 0 Å². The van der Waals surface area contributed by atoms with Crippen molar-refractivity contribution in [2.24, 2.45) is 16.3 Å². The van der Waals surface area contributed by atoms with Gasteiger partial charge in [-0.2, -0.15) is 0 Å². The number of ether oxygens (including phenoxy) is 1. The molecular weight excluding hydrogens is 417 g/mol. The van der Waals surface area contributed by atoms with Crippen molar-refractivity contribution < 1.29 is 9.15 Å². The molecule has 0 amide bonds. The lowest BCUT2D eigenvalue weighted by Gasteiger charge is -2.55. The zero-order chi connectivity index (χ0) is 15.9. The van der Waals surface area contributed by atoms with Gasteiger partial charge in [0.25, 0.3) is 0 Å². The summed E-state index contributed by atoms with van der Waals surface area (Å²) < 4.78 is 11.3. The second kappa shape index (κ2) is 7.23. The molecule has 0 aromatic carbocycles. The smallest absolute Gasteiger partial charge is 0.191 e. The topological polar surface area (TPSA) is 58.8 Å². The van der Waals surface area contributed by atoms with Crippen LogP contribution in [0, 0.1) is 11.3 Å². The zero-order valence-electron chi connectivity index (χ0n) is 14.5. The van der Waals surface area contributed by atoms with Gasteiger partial charge in [-0.25, -0.2) is 0 Å². The molecule has 3 fully saturated rings. The van der Waals surface area contributed by atoms with E-state index in [2.05, 4.69) is 24.5 Å². The maximum atomic E-state index is 5.89. The molecule has 1 aromatic rings. The molecular formula is C18H28IN3O2. The van der Waals surface area contributed by atoms with Crippen molar-refractivity contribution in [3.63, 3.8) is 0 Å². The molecule has 24 heavy (non-hydrogen) atoms. The zero-order valence-corrected chi connectivity index (χ0v) is 16.8. The van der Waals surface area contributed by atoms with Crippen LogP contribution in [0.2, 0.25) is 0 Å². The van der Waals surface area contributed by atoms with Gasteiger partial charge in [0, 0.05) is 43.0 Å². The van der Waals surface area contributed by atoms with E-state index < -0.39 is 0 Å². The molecule has 1 aromatic heterocycles. The molecule has 1 saturated heterocycles. The predicted molar refractivity (Wildman–Crippen MR) is 105 cm³/mol. The number of guanidine groups is 1. The van der Waals surface area contributed by atoms with Gasteiger partial charge in [0.2, 0.25) is 0 Å². The number of rotatable bonds is 5. The maximum Gasteiger partial charge on any atom is 0.191 e. The maximum absolute atomic E-state index is 5.89. The molecule has 2 aliphatic carbocycles. The number of hydrogen-bond acceptors (Lipinski definition) is 3. The van der Waals surface area contributed by atoms with Crippen LogP contribution in [0.25, 0.3) is 0 Å². The molecule has 134 valence electrons. The van der Waals surface area contributed by atoms with Crippen molar-refractivity contribution in [3.8, 4) is 0 Å². The third-order valence-electron chi connectivity index (χ3n) is 5.52. The SMILES string of the molecule is CC1(C)C(NC(=NCCc2ccco2)NC2CC2)C2CCOC21.I. The largest absolute Gasteiger partial charge is 0.469 e. The Balaban J connectivity index is 0.00000169. The van der Waals surface area contributed by atoms with Crippen molar-refractivity contribution >= 4 is 29.9 Å². The highest BCUT2D eigenvalue weighted by Gasteiger charge is 2.59. The molecule has 3 atom stereocenters. The highest BCUT2D eigenvalue weighted by atomic mass is 127. The molecule has 2 N–H and O–H groups in total. The summed E-state index contributed by atoms with van der Waals surface area (Å²) in [6, 6.07) is 4.98. The van der Waals surface area contributed by atoms with E-state index in [-0.39, 0.29) is 29.4 Å². The van der Waals surface area contributed by atoms with Crippen LogP contribution in [0.1, 0.15) is 38.9 Å². The Morgan fingerprint density at radius 1 is 1.29 bits per heavy atom. The summed E-state index contributed by atoms with van der Waals surface area (Å²) in [5.74, 6) is 2.58. The number of nitrogens with one attached hydrogen (secondary N) is 2. The molecule has 5 nitrogen and oxygen atoms in total. The number of aliphatic imine (C=N–C) groups is 1. The van der Waals surface area contributed by atoms with Gasteiger partial charge in [-0.05, 0) is 31.4 Å². The lowest BCUT2D eigenvalue weighted by Crippen LogP contribution is -2.68. The van der Waals surface area contributed by atoms with E-state index in [4.69, 9.17) is 14.1 Å². The van der Waals surface area contributed by atoms with Crippen molar-refractivity contribution in [1.82, 2.24) is 10.6 Å². The molecule has 1 aliphatic heterocycles. The molecule has 2 heterocycles. The molecule has 2 saturated carbocycles. The van der Waals surface area contributed by atoms with Crippen molar-refractivity contribution in [2.45, 2.75) is 57.7 Å². The number of furan rings is 1. The molecule has 0 radical (unpaired) electrons. The predicted octanol–water partition coefficient (Wildman–Crippen LogP) is 2.95. The minimum Gasteiger partial charge on any atom is -0.469 e. The van der Waals surface area contributed by atoms with Crippen molar-refractivity contribution in [1.29, 1.82) is 0 Å². The third kappa shape index (κ3) is 3.59. The van der Waals surface area contributed by atoms with Crippen LogP contribution in [0.5, 0.6) is 0 Å². The second-order valence-electron chi connectivity index (χ2n) is 7.67. The minimum absolute atomic E-state index is 0. The van der Waals surface area contributed by atoms with Crippen molar-refractivity contribution in [3.05, 3.63) is 24.2 Å². The van der Waals surface area contributed by atoms with Crippen LogP contribution in [0.15, 0.2) is 27.8 Å². The first-order valence-corrected chi connectivity index (χ1v) is 8.86. The number of hydrogen-bond donors (Lipinski definition) is 2. The Morgan fingerprint density at radius 2 is 2.12 bits per heavy atom. The van der Waals surface area contributed by atoms with E-state index in [0.29, 0.717) is 24.1 Å². The summed E-state index contributed by atoms with van der Waals surface area (Å²) in [6.45, 7) is 6.24. The first-order valence-electron chi connectivity index (χ1n) is 8.86. The molecule has 4 rings (SSSR count). The van der Waals surface area contributed by atoms with Crippen LogP contribution in [-0.2, 0) is 11.2 Å². The van der Waals surface area contributed by atoms with Gasteiger partial charge in [-0.1, -0.05) is 13.8 Å². The van der Waals surface area contributed by atoms with Crippen molar-refractivity contribution in [2.75, 3.05) is 13.2 Å². The Bertz CT molecular complexity index is 569. The van der Waals surface area contributed by atoms with Gasteiger partial charge in [-0.15, -0.1) is 24.0 Å². The average Bonchev–Trinajstić information content (AvgIpc) is 3.03. The Hall–Kier alpha value is -0.760. The average molecular weight is 445 g/mol. The lowest BCUT2D eigenvalue weighted by molar-refractivity contribution is -0.106. The highest BCUT2D eigenvalue weighted by Crippen LogP contribution is 2.52. The lowest BCUT2D eigenvalue weighted by atomic mass is 9.57. The second-order valence-corrected chi connectivity index (χ2v) is 7.67. The Labute approximate surface area is 161 Å². The third-order valence-corrected chi connectivity index (χ3v) is 5.52. The molecule has 3 unspecified atom stereocenters. The number of nitrogens with zero attached hydrogens (tertiary/aromatic N) is 1. The van der Waals surface area contributed by atoms with Crippen LogP contribution in [-0.4, -0.2) is 37.3 Å². The van der Waals surface area contributed by atoms with E-state index in [0.717, 1.165) is 37.7 Å². The molecule has 0 spiro atoms. The fourth-order valence-corrected chi connectivity index (χ4v) is 4.05. The number of fused-ring (bicyclic) bond motifs is 1. The minimum atomic E-state index is 0. The summed E-state index contributed by atoms with van der Waals surface area (Å²) in [4.78, 5) is 4.77.